The Labute approximate surface area is 175 Å². The van der Waals surface area contributed by atoms with Crippen LogP contribution < -0.4 is 9.47 Å². The van der Waals surface area contributed by atoms with Crippen molar-refractivity contribution >= 4 is 0 Å². The predicted octanol–water partition coefficient (Wildman–Crippen LogP) is 6.95. The number of methoxy groups -OCH3 is 1. The van der Waals surface area contributed by atoms with Crippen LogP contribution in [-0.2, 0) is 6.42 Å². The molecular formula is C24H28F4O2. The van der Waals surface area contributed by atoms with Gasteiger partial charge < -0.3 is 9.47 Å². The largest absolute Gasteiger partial charge is 0.494 e. The van der Waals surface area contributed by atoms with Crippen molar-refractivity contribution in [1.82, 2.24) is 0 Å². The summed E-state index contributed by atoms with van der Waals surface area (Å²) in [5.74, 6) is -3.18. The van der Waals surface area contributed by atoms with Crippen LogP contribution in [0.15, 0.2) is 24.3 Å². The zero-order valence-corrected chi connectivity index (χ0v) is 17.4. The summed E-state index contributed by atoms with van der Waals surface area (Å²) in [5, 5.41) is 0. The first-order valence-corrected chi connectivity index (χ1v) is 10.6. The molecule has 0 aromatic heterocycles. The molecule has 0 heterocycles. The monoisotopic (exact) mass is 424 g/mol. The second-order valence-electron chi connectivity index (χ2n) is 7.88. The van der Waals surface area contributed by atoms with E-state index in [0.717, 1.165) is 38.5 Å². The Morgan fingerprint density at radius 1 is 0.833 bits per heavy atom. The van der Waals surface area contributed by atoms with E-state index in [2.05, 4.69) is 0 Å². The predicted molar refractivity (Wildman–Crippen MR) is 108 cm³/mol. The third-order valence-electron chi connectivity index (χ3n) is 6.07. The molecule has 6 heteroatoms. The summed E-state index contributed by atoms with van der Waals surface area (Å²) in [6.07, 6.45) is 5.53. The first-order valence-electron chi connectivity index (χ1n) is 10.6. The van der Waals surface area contributed by atoms with Gasteiger partial charge in [0.25, 0.3) is 0 Å². The van der Waals surface area contributed by atoms with E-state index in [-0.39, 0.29) is 24.0 Å². The molecule has 1 saturated carbocycles. The van der Waals surface area contributed by atoms with E-state index >= 15 is 0 Å². The molecule has 2 nitrogen and oxygen atoms in total. The van der Waals surface area contributed by atoms with Crippen molar-refractivity contribution in [2.75, 3.05) is 13.7 Å². The molecule has 0 radical (unpaired) electrons. The van der Waals surface area contributed by atoms with Crippen LogP contribution in [0.25, 0.3) is 0 Å². The third-order valence-corrected chi connectivity index (χ3v) is 6.07. The zero-order valence-electron chi connectivity index (χ0n) is 17.4. The standard InChI is InChI=1S/C24H28F4O2/c1-3-30-20-14-12-18(22(26)24(20)28)16-9-7-15(8-10-16)5-4-6-17-11-13-19(29-2)23(27)21(17)25/h11-16H,3-10H2,1-2H3. The lowest BCUT2D eigenvalue weighted by atomic mass is 9.77. The Morgan fingerprint density at radius 2 is 1.50 bits per heavy atom. The van der Waals surface area contributed by atoms with Gasteiger partial charge in [0.15, 0.2) is 23.1 Å². The minimum Gasteiger partial charge on any atom is -0.494 e. The van der Waals surface area contributed by atoms with Crippen LogP contribution in [0.2, 0.25) is 0 Å². The van der Waals surface area contributed by atoms with Crippen LogP contribution in [0.3, 0.4) is 0 Å². The van der Waals surface area contributed by atoms with Crippen molar-refractivity contribution in [3.63, 3.8) is 0 Å². The lowest BCUT2D eigenvalue weighted by Crippen LogP contribution is -2.15. The molecule has 2 aromatic rings. The van der Waals surface area contributed by atoms with Crippen LogP contribution in [-0.4, -0.2) is 13.7 Å². The van der Waals surface area contributed by atoms with Gasteiger partial charge in [0.1, 0.15) is 0 Å². The molecule has 0 N–H and O–H groups in total. The summed E-state index contributed by atoms with van der Waals surface area (Å²) >= 11 is 0. The molecule has 0 spiro atoms. The van der Waals surface area contributed by atoms with Gasteiger partial charge in [0.2, 0.25) is 11.6 Å². The number of rotatable bonds is 8. The highest BCUT2D eigenvalue weighted by atomic mass is 19.2. The van der Waals surface area contributed by atoms with Gasteiger partial charge in [-0.3, -0.25) is 0 Å². The molecule has 1 aliphatic rings. The average molecular weight is 424 g/mol. The fourth-order valence-corrected chi connectivity index (χ4v) is 4.39. The Balaban J connectivity index is 1.51. The molecule has 0 atom stereocenters. The summed E-state index contributed by atoms with van der Waals surface area (Å²) in [7, 11) is 1.31. The van der Waals surface area contributed by atoms with Crippen molar-refractivity contribution in [1.29, 1.82) is 0 Å². The number of hydrogen-bond donors (Lipinski definition) is 0. The fraction of sp³-hybridized carbons (Fsp3) is 0.500. The van der Waals surface area contributed by atoms with E-state index in [0.29, 0.717) is 23.5 Å². The molecule has 0 saturated heterocycles. The van der Waals surface area contributed by atoms with E-state index < -0.39 is 23.3 Å². The van der Waals surface area contributed by atoms with Crippen molar-refractivity contribution in [2.45, 2.75) is 57.8 Å². The summed E-state index contributed by atoms with van der Waals surface area (Å²) in [5.41, 5.74) is 0.777. The minimum atomic E-state index is -0.944. The summed E-state index contributed by atoms with van der Waals surface area (Å²) in [6, 6.07) is 6.15. The Kier molecular flexibility index (Phi) is 7.62. The van der Waals surface area contributed by atoms with Crippen LogP contribution in [0.1, 0.15) is 62.5 Å². The number of benzene rings is 2. The average Bonchev–Trinajstić information content (AvgIpc) is 2.75. The highest BCUT2D eigenvalue weighted by molar-refractivity contribution is 5.33. The number of ether oxygens (including phenoxy) is 2. The number of hydrogen-bond acceptors (Lipinski definition) is 2. The molecule has 0 unspecified atom stereocenters. The molecule has 0 aliphatic heterocycles. The SMILES string of the molecule is CCOc1ccc(C2CCC(CCCc3ccc(OC)c(F)c3F)CC2)c(F)c1F. The molecule has 30 heavy (non-hydrogen) atoms. The maximum atomic E-state index is 14.5. The molecule has 1 aliphatic carbocycles. The van der Waals surface area contributed by atoms with Crippen LogP contribution in [0.4, 0.5) is 17.6 Å². The van der Waals surface area contributed by atoms with Crippen LogP contribution in [0, 0.1) is 29.2 Å². The van der Waals surface area contributed by atoms with E-state index in [4.69, 9.17) is 9.47 Å². The highest BCUT2D eigenvalue weighted by Crippen LogP contribution is 2.40. The van der Waals surface area contributed by atoms with Crippen LogP contribution in [0.5, 0.6) is 11.5 Å². The summed E-state index contributed by atoms with van der Waals surface area (Å²) in [6.45, 7) is 2.01. The van der Waals surface area contributed by atoms with Gasteiger partial charge in [0, 0.05) is 0 Å². The van der Waals surface area contributed by atoms with Crippen LogP contribution >= 0.6 is 0 Å². The fourth-order valence-electron chi connectivity index (χ4n) is 4.39. The minimum absolute atomic E-state index is 0.000412. The van der Waals surface area contributed by atoms with E-state index in [1.54, 1.807) is 19.1 Å². The van der Waals surface area contributed by atoms with Crippen molar-refractivity contribution in [2.24, 2.45) is 5.92 Å². The van der Waals surface area contributed by atoms with Gasteiger partial charge >= 0.3 is 0 Å². The highest BCUT2D eigenvalue weighted by Gasteiger charge is 2.26. The molecule has 164 valence electrons. The molecule has 0 bridgehead atoms. The number of aryl methyl sites for hydroxylation is 1. The topological polar surface area (TPSA) is 18.5 Å². The third kappa shape index (κ3) is 4.90. The van der Waals surface area contributed by atoms with E-state index in [1.807, 2.05) is 0 Å². The van der Waals surface area contributed by atoms with Gasteiger partial charge in [-0.05, 0) is 80.5 Å². The van der Waals surface area contributed by atoms with E-state index in [1.165, 1.54) is 19.2 Å². The maximum absolute atomic E-state index is 14.5. The molecule has 2 aromatic carbocycles. The molecular weight excluding hydrogens is 396 g/mol. The molecule has 0 amide bonds. The first-order chi connectivity index (χ1) is 14.5. The van der Waals surface area contributed by atoms with Crippen molar-refractivity contribution in [3.05, 3.63) is 58.7 Å². The maximum Gasteiger partial charge on any atom is 0.200 e. The Morgan fingerprint density at radius 3 is 2.17 bits per heavy atom. The lowest BCUT2D eigenvalue weighted by molar-refractivity contribution is 0.293. The van der Waals surface area contributed by atoms with Gasteiger partial charge in [-0.2, -0.15) is 8.78 Å². The second-order valence-corrected chi connectivity index (χ2v) is 7.88. The molecule has 1 fully saturated rings. The van der Waals surface area contributed by atoms with Crippen molar-refractivity contribution < 1.29 is 27.0 Å². The quantitative estimate of drug-likeness (QED) is 0.427. The summed E-state index contributed by atoms with van der Waals surface area (Å²) in [4.78, 5) is 0. The summed E-state index contributed by atoms with van der Waals surface area (Å²) < 4.78 is 66.4. The van der Waals surface area contributed by atoms with Crippen molar-refractivity contribution in [3.8, 4) is 11.5 Å². The van der Waals surface area contributed by atoms with Gasteiger partial charge in [-0.15, -0.1) is 0 Å². The van der Waals surface area contributed by atoms with Gasteiger partial charge in [0.05, 0.1) is 13.7 Å². The normalized spacial score (nSPS) is 19.0. The number of halogens is 4. The second kappa shape index (κ2) is 10.2. The Bertz CT molecular complexity index is 861. The van der Waals surface area contributed by atoms with Gasteiger partial charge in [-0.25, -0.2) is 8.78 Å². The Hall–Kier alpha value is -2.24. The zero-order chi connectivity index (χ0) is 21.7. The molecule has 3 rings (SSSR count). The lowest BCUT2D eigenvalue weighted by Gasteiger charge is -2.29. The first kappa shape index (κ1) is 22.4. The van der Waals surface area contributed by atoms with Gasteiger partial charge in [-0.1, -0.05) is 18.6 Å². The smallest absolute Gasteiger partial charge is 0.200 e. The van der Waals surface area contributed by atoms with E-state index in [9.17, 15) is 17.6 Å².